The molecule has 3 rings (SSSR count). The van der Waals surface area contributed by atoms with Crippen LogP contribution in [0.5, 0.6) is 0 Å². The molecular weight excluding hydrogens is 260 g/mol. The molecule has 3 N–H and O–H groups in total. The number of hydrogen-bond acceptors (Lipinski definition) is 4. The summed E-state index contributed by atoms with van der Waals surface area (Å²) in [5.74, 6) is -1.10. The maximum absolute atomic E-state index is 11.4. The average molecular weight is 282 g/mol. The Morgan fingerprint density at radius 2 is 2.20 bits per heavy atom. The standard InChI is InChI=1S/C15H22O5/c1-13(2,18)9-3-5-14-7-11(20-8-14)15(19,12(16)17)6-4-10(9)14/h3,10-11,18-19H,4-8H2,1-2H3,(H,16,17)/t10-,11-,14+,15-/m1/s1. The van der Waals surface area contributed by atoms with Crippen LogP contribution in [-0.4, -0.2) is 45.2 Å². The first-order chi connectivity index (χ1) is 9.19. The molecule has 1 aliphatic heterocycles. The van der Waals surface area contributed by atoms with Crippen molar-refractivity contribution in [1.29, 1.82) is 0 Å². The fourth-order valence-corrected chi connectivity index (χ4v) is 4.28. The lowest BCUT2D eigenvalue weighted by atomic mass is 9.71. The van der Waals surface area contributed by atoms with Crippen LogP contribution < -0.4 is 0 Å². The SMILES string of the molecule is CC(C)(O)C1=CC[C@@]23CO[C@H](C2)[C@@](O)(C(=O)O)CC[C@H]13. The molecule has 1 heterocycles. The topological polar surface area (TPSA) is 87.0 Å². The predicted octanol–water partition coefficient (Wildman–Crippen LogP) is 1.09. The summed E-state index contributed by atoms with van der Waals surface area (Å²) < 4.78 is 5.65. The smallest absolute Gasteiger partial charge is 0.338 e. The molecule has 2 aliphatic carbocycles. The first-order valence-corrected chi connectivity index (χ1v) is 7.19. The molecule has 20 heavy (non-hydrogen) atoms. The molecule has 2 fully saturated rings. The number of aliphatic hydroxyl groups is 2. The van der Waals surface area contributed by atoms with Crippen molar-refractivity contribution in [2.24, 2.45) is 11.3 Å². The summed E-state index contributed by atoms with van der Waals surface area (Å²) in [5, 5.41) is 30.1. The number of carboxylic acids is 1. The molecule has 3 aliphatic rings. The van der Waals surface area contributed by atoms with E-state index in [1.807, 2.05) is 0 Å². The zero-order valence-corrected chi connectivity index (χ0v) is 11.9. The quantitative estimate of drug-likeness (QED) is 0.660. The van der Waals surface area contributed by atoms with Gasteiger partial charge in [0.15, 0.2) is 5.60 Å². The van der Waals surface area contributed by atoms with Gasteiger partial charge in [0, 0.05) is 5.41 Å². The molecule has 0 radical (unpaired) electrons. The fourth-order valence-electron chi connectivity index (χ4n) is 4.28. The Kier molecular flexibility index (Phi) is 2.85. The number of hydrogen-bond donors (Lipinski definition) is 3. The highest BCUT2D eigenvalue weighted by Crippen LogP contribution is 2.58. The number of rotatable bonds is 2. The minimum absolute atomic E-state index is 0.0980. The molecule has 0 amide bonds. The number of carboxylic acid groups (broad SMARTS) is 1. The Labute approximate surface area is 118 Å². The summed E-state index contributed by atoms with van der Waals surface area (Å²) in [6, 6.07) is 0. The van der Waals surface area contributed by atoms with Gasteiger partial charge in [0.05, 0.1) is 18.3 Å². The number of ether oxygens (including phenoxy) is 1. The molecular formula is C15H22O5. The first kappa shape index (κ1) is 14.0. The third-order valence-electron chi connectivity index (χ3n) is 5.43. The molecule has 5 heteroatoms. The van der Waals surface area contributed by atoms with Crippen molar-refractivity contribution < 1.29 is 24.9 Å². The molecule has 2 bridgehead atoms. The van der Waals surface area contributed by atoms with E-state index in [0.29, 0.717) is 19.4 Å². The summed E-state index contributed by atoms with van der Waals surface area (Å²) in [4.78, 5) is 11.4. The summed E-state index contributed by atoms with van der Waals surface area (Å²) in [6.07, 6.45) is 3.55. The van der Waals surface area contributed by atoms with E-state index >= 15 is 0 Å². The second kappa shape index (κ2) is 4.06. The van der Waals surface area contributed by atoms with E-state index in [-0.39, 0.29) is 17.8 Å². The van der Waals surface area contributed by atoms with Gasteiger partial charge >= 0.3 is 5.97 Å². The van der Waals surface area contributed by atoms with Crippen LogP contribution in [0.1, 0.15) is 39.5 Å². The lowest BCUT2D eigenvalue weighted by Gasteiger charge is -2.35. The molecule has 1 saturated heterocycles. The Morgan fingerprint density at radius 3 is 2.80 bits per heavy atom. The van der Waals surface area contributed by atoms with E-state index < -0.39 is 23.3 Å². The van der Waals surface area contributed by atoms with E-state index in [1.54, 1.807) is 13.8 Å². The van der Waals surface area contributed by atoms with Crippen LogP contribution >= 0.6 is 0 Å². The lowest BCUT2D eigenvalue weighted by Crippen LogP contribution is -2.49. The molecule has 112 valence electrons. The van der Waals surface area contributed by atoms with Crippen LogP contribution in [-0.2, 0) is 9.53 Å². The highest BCUT2D eigenvalue weighted by molar-refractivity contribution is 5.78. The van der Waals surface area contributed by atoms with Crippen molar-refractivity contribution in [1.82, 2.24) is 0 Å². The largest absolute Gasteiger partial charge is 0.479 e. The van der Waals surface area contributed by atoms with Gasteiger partial charge in [0.25, 0.3) is 0 Å². The maximum Gasteiger partial charge on any atom is 0.338 e. The molecule has 0 aromatic carbocycles. The van der Waals surface area contributed by atoms with Crippen molar-refractivity contribution in [2.75, 3.05) is 6.61 Å². The number of carbonyl (C=O) groups is 1. The summed E-state index contributed by atoms with van der Waals surface area (Å²) in [5.41, 5.74) is -1.87. The van der Waals surface area contributed by atoms with Crippen molar-refractivity contribution in [3.8, 4) is 0 Å². The van der Waals surface area contributed by atoms with Gasteiger partial charge in [-0.25, -0.2) is 4.79 Å². The Bertz CT molecular complexity index is 477. The van der Waals surface area contributed by atoms with Gasteiger partial charge in [-0.3, -0.25) is 0 Å². The molecule has 5 nitrogen and oxygen atoms in total. The zero-order valence-electron chi connectivity index (χ0n) is 11.9. The molecule has 0 aromatic heterocycles. The molecule has 0 aromatic rings. The van der Waals surface area contributed by atoms with Gasteiger partial charge in [-0.15, -0.1) is 0 Å². The molecule has 4 atom stereocenters. The summed E-state index contributed by atoms with van der Waals surface area (Å²) >= 11 is 0. The second-order valence-electron chi connectivity index (χ2n) is 7.11. The lowest BCUT2D eigenvalue weighted by molar-refractivity contribution is -0.175. The van der Waals surface area contributed by atoms with Crippen LogP contribution in [0.25, 0.3) is 0 Å². The van der Waals surface area contributed by atoms with E-state index in [9.17, 15) is 20.1 Å². The number of allylic oxidation sites excluding steroid dienone is 1. The van der Waals surface area contributed by atoms with Crippen LogP contribution in [0.2, 0.25) is 0 Å². The van der Waals surface area contributed by atoms with Gasteiger partial charge < -0.3 is 20.1 Å². The van der Waals surface area contributed by atoms with Gasteiger partial charge in [0.1, 0.15) is 0 Å². The van der Waals surface area contributed by atoms with Crippen molar-refractivity contribution in [3.63, 3.8) is 0 Å². The van der Waals surface area contributed by atoms with Gasteiger partial charge in [-0.1, -0.05) is 6.08 Å². The van der Waals surface area contributed by atoms with Crippen molar-refractivity contribution in [3.05, 3.63) is 11.6 Å². The maximum atomic E-state index is 11.4. The number of fused-ring (bicyclic) bond motifs is 1. The van der Waals surface area contributed by atoms with Crippen LogP contribution in [0.3, 0.4) is 0 Å². The monoisotopic (exact) mass is 282 g/mol. The molecule has 1 saturated carbocycles. The van der Waals surface area contributed by atoms with E-state index in [1.165, 1.54) is 0 Å². The second-order valence-corrected chi connectivity index (χ2v) is 7.11. The Morgan fingerprint density at radius 1 is 1.50 bits per heavy atom. The first-order valence-electron chi connectivity index (χ1n) is 7.19. The highest BCUT2D eigenvalue weighted by Gasteiger charge is 2.61. The molecule has 1 spiro atoms. The van der Waals surface area contributed by atoms with Gasteiger partial charge in [-0.05, 0) is 51.0 Å². The summed E-state index contributed by atoms with van der Waals surface area (Å²) in [7, 11) is 0. The average Bonchev–Trinajstić information content (AvgIpc) is 2.88. The van der Waals surface area contributed by atoms with Gasteiger partial charge in [0.2, 0.25) is 0 Å². The Balaban J connectivity index is 1.96. The zero-order chi connectivity index (χ0) is 14.8. The van der Waals surface area contributed by atoms with Gasteiger partial charge in [-0.2, -0.15) is 0 Å². The van der Waals surface area contributed by atoms with Crippen LogP contribution in [0.15, 0.2) is 11.6 Å². The molecule has 0 unspecified atom stereocenters. The van der Waals surface area contributed by atoms with E-state index in [4.69, 9.17) is 4.74 Å². The third kappa shape index (κ3) is 1.76. The predicted molar refractivity (Wildman–Crippen MR) is 71.1 cm³/mol. The normalized spacial score (nSPS) is 43.9. The number of aliphatic carboxylic acids is 1. The minimum Gasteiger partial charge on any atom is -0.479 e. The Hall–Kier alpha value is -0.910. The van der Waals surface area contributed by atoms with Crippen molar-refractivity contribution in [2.45, 2.75) is 56.8 Å². The van der Waals surface area contributed by atoms with E-state index in [2.05, 4.69) is 6.08 Å². The fraction of sp³-hybridized carbons (Fsp3) is 0.800. The van der Waals surface area contributed by atoms with E-state index in [0.717, 1.165) is 12.0 Å². The summed E-state index contributed by atoms with van der Waals surface area (Å²) in [6.45, 7) is 3.99. The van der Waals surface area contributed by atoms with Crippen LogP contribution in [0.4, 0.5) is 0 Å². The van der Waals surface area contributed by atoms with Crippen molar-refractivity contribution >= 4 is 5.97 Å². The third-order valence-corrected chi connectivity index (χ3v) is 5.43. The highest BCUT2D eigenvalue weighted by atomic mass is 16.5. The minimum atomic E-state index is -1.79. The van der Waals surface area contributed by atoms with Crippen LogP contribution in [0, 0.1) is 11.3 Å².